The Morgan fingerprint density at radius 2 is 1.94 bits per heavy atom. The average Bonchev–Trinajstić information content (AvgIpc) is 2.39. The summed E-state index contributed by atoms with van der Waals surface area (Å²) < 4.78 is 0. The van der Waals surface area contributed by atoms with Crippen LogP contribution >= 0.6 is 0 Å². The number of aromatic nitrogens is 2. The third-order valence-electron chi connectivity index (χ3n) is 3.22. The highest BCUT2D eigenvalue weighted by molar-refractivity contribution is 5.34. The number of hydrogen-bond donors (Lipinski definition) is 2. The summed E-state index contributed by atoms with van der Waals surface area (Å²) in [5, 5.41) is 18.3. The second kappa shape index (κ2) is 7.28. The molecule has 0 aliphatic heterocycles. The van der Waals surface area contributed by atoms with Crippen LogP contribution in [-0.2, 0) is 6.61 Å². The smallest absolute Gasteiger partial charge is 0.225 e. The summed E-state index contributed by atoms with van der Waals surface area (Å²) in [6.45, 7) is 6.67. The Morgan fingerprint density at radius 3 is 2.39 bits per heavy atom. The molecule has 5 nitrogen and oxygen atoms in total. The molecule has 0 saturated heterocycles. The van der Waals surface area contributed by atoms with E-state index in [-0.39, 0.29) is 13.2 Å². The number of aryl methyl sites for hydroxylation is 1. The normalized spacial score (nSPS) is 11.0. The predicted octanol–water partition coefficient (Wildman–Crippen LogP) is 1.26. The van der Waals surface area contributed by atoms with Gasteiger partial charge in [-0.15, -0.1) is 0 Å². The zero-order valence-corrected chi connectivity index (χ0v) is 11.4. The topological polar surface area (TPSA) is 69.5 Å². The summed E-state index contributed by atoms with van der Waals surface area (Å²) in [5.41, 5.74) is 1.53. The van der Waals surface area contributed by atoms with E-state index in [0.717, 1.165) is 24.1 Å². The van der Waals surface area contributed by atoms with Crippen LogP contribution in [0.25, 0.3) is 0 Å². The van der Waals surface area contributed by atoms with Crippen molar-refractivity contribution in [3.8, 4) is 0 Å². The SMILES string of the molecule is CCC(CC)N(CCO)c1ncc(CO)c(C)n1. The van der Waals surface area contributed by atoms with E-state index in [1.54, 1.807) is 6.20 Å². The van der Waals surface area contributed by atoms with Gasteiger partial charge in [-0.3, -0.25) is 0 Å². The van der Waals surface area contributed by atoms with E-state index in [1.807, 2.05) is 11.8 Å². The summed E-state index contributed by atoms with van der Waals surface area (Å²) in [7, 11) is 0. The van der Waals surface area contributed by atoms with Crippen LogP contribution in [0.2, 0.25) is 0 Å². The first-order valence-electron chi connectivity index (χ1n) is 6.48. The van der Waals surface area contributed by atoms with Gasteiger partial charge in [0.25, 0.3) is 0 Å². The Bertz CT molecular complexity index is 367. The fraction of sp³-hybridized carbons (Fsp3) is 0.692. The fourth-order valence-electron chi connectivity index (χ4n) is 2.06. The second-order valence-corrected chi connectivity index (χ2v) is 4.33. The summed E-state index contributed by atoms with van der Waals surface area (Å²) >= 11 is 0. The minimum atomic E-state index is -0.0445. The monoisotopic (exact) mass is 253 g/mol. The minimum Gasteiger partial charge on any atom is -0.395 e. The van der Waals surface area contributed by atoms with Crippen LogP contribution < -0.4 is 4.90 Å². The lowest BCUT2D eigenvalue weighted by molar-refractivity contribution is 0.279. The van der Waals surface area contributed by atoms with E-state index in [4.69, 9.17) is 5.11 Å². The number of aliphatic hydroxyl groups excluding tert-OH is 2. The number of rotatable bonds is 7. The van der Waals surface area contributed by atoms with E-state index < -0.39 is 0 Å². The number of aliphatic hydroxyl groups is 2. The molecule has 0 amide bonds. The maximum absolute atomic E-state index is 9.17. The average molecular weight is 253 g/mol. The van der Waals surface area contributed by atoms with Crippen molar-refractivity contribution in [3.05, 3.63) is 17.5 Å². The van der Waals surface area contributed by atoms with Crippen molar-refractivity contribution >= 4 is 5.95 Å². The summed E-state index contributed by atoms with van der Waals surface area (Å²) in [4.78, 5) is 10.7. The summed E-state index contributed by atoms with van der Waals surface area (Å²) in [6.07, 6.45) is 3.63. The highest BCUT2D eigenvalue weighted by Crippen LogP contribution is 2.17. The molecule has 0 unspecified atom stereocenters. The van der Waals surface area contributed by atoms with Gasteiger partial charge >= 0.3 is 0 Å². The molecule has 0 saturated carbocycles. The van der Waals surface area contributed by atoms with Crippen LogP contribution in [0.4, 0.5) is 5.95 Å². The van der Waals surface area contributed by atoms with Gasteiger partial charge in [-0.1, -0.05) is 13.8 Å². The Morgan fingerprint density at radius 1 is 1.28 bits per heavy atom. The third kappa shape index (κ3) is 3.40. The minimum absolute atomic E-state index is 0.0445. The van der Waals surface area contributed by atoms with Gasteiger partial charge in [-0.2, -0.15) is 0 Å². The third-order valence-corrected chi connectivity index (χ3v) is 3.22. The van der Waals surface area contributed by atoms with E-state index in [1.165, 1.54) is 0 Å². The highest BCUT2D eigenvalue weighted by atomic mass is 16.3. The zero-order chi connectivity index (χ0) is 13.5. The Balaban J connectivity index is 3.01. The van der Waals surface area contributed by atoms with E-state index in [9.17, 15) is 5.11 Å². The van der Waals surface area contributed by atoms with Crippen molar-refractivity contribution in [2.75, 3.05) is 18.1 Å². The predicted molar refractivity (Wildman–Crippen MR) is 71.5 cm³/mol. The molecule has 0 fully saturated rings. The maximum atomic E-state index is 9.17. The molecule has 0 aromatic carbocycles. The molecule has 0 spiro atoms. The molecular weight excluding hydrogens is 230 g/mol. The maximum Gasteiger partial charge on any atom is 0.225 e. The molecule has 1 aromatic heterocycles. The molecule has 18 heavy (non-hydrogen) atoms. The van der Waals surface area contributed by atoms with Crippen molar-refractivity contribution in [3.63, 3.8) is 0 Å². The Labute approximate surface area is 109 Å². The first-order valence-corrected chi connectivity index (χ1v) is 6.48. The largest absolute Gasteiger partial charge is 0.395 e. The summed E-state index contributed by atoms with van der Waals surface area (Å²) in [6, 6.07) is 0.330. The first-order chi connectivity index (χ1) is 8.67. The molecule has 0 aliphatic rings. The molecule has 1 heterocycles. The lowest BCUT2D eigenvalue weighted by Gasteiger charge is -2.30. The molecule has 1 rings (SSSR count). The van der Waals surface area contributed by atoms with Crippen LogP contribution in [-0.4, -0.2) is 39.4 Å². The number of anilines is 1. The van der Waals surface area contributed by atoms with Crippen LogP contribution in [0.1, 0.15) is 37.9 Å². The zero-order valence-electron chi connectivity index (χ0n) is 11.4. The lowest BCUT2D eigenvalue weighted by Crippen LogP contribution is -2.38. The van der Waals surface area contributed by atoms with Gasteiger partial charge in [-0.05, 0) is 19.8 Å². The molecule has 0 atom stereocenters. The fourth-order valence-corrected chi connectivity index (χ4v) is 2.06. The van der Waals surface area contributed by atoms with E-state index in [0.29, 0.717) is 18.5 Å². The van der Waals surface area contributed by atoms with Crippen molar-refractivity contribution in [1.82, 2.24) is 9.97 Å². The van der Waals surface area contributed by atoms with Gasteiger partial charge in [-0.25, -0.2) is 9.97 Å². The van der Waals surface area contributed by atoms with Crippen LogP contribution in [0.3, 0.4) is 0 Å². The van der Waals surface area contributed by atoms with Crippen molar-refractivity contribution in [2.24, 2.45) is 0 Å². The lowest BCUT2D eigenvalue weighted by atomic mass is 10.1. The van der Waals surface area contributed by atoms with E-state index >= 15 is 0 Å². The molecule has 5 heteroatoms. The van der Waals surface area contributed by atoms with Gasteiger partial charge in [0.1, 0.15) is 0 Å². The molecule has 0 bridgehead atoms. The van der Waals surface area contributed by atoms with Crippen LogP contribution in [0.15, 0.2) is 6.20 Å². The highest BCUT2D eigenvalue weighted by Gasteiger charge is 2.18. The van der Waals surface area contributed by atoms with Gasteiger partial charge in [0.05, 0.1) is 13.2 Å². The molecule has 0 aliphatic carbocycles. The van der Waals surface area contributed by atoms with Gasteiger partial charge in [0.15, 0.2) is 0 Å². The quantitative estimate of drug-likeness (QED) is 0.765. The second-order valence-electron chi connectivity index (χ2n) is 4.33. The van der Waals surface area contributed by atoms with Gasteiger partial charge < -0.3 is 15.1 Å². The molecule has 1 aromatic rings. The summed E-state index contributed by atoms with van der Waals surface area (Å²) in [5.74, 6) is 0.632. The first kappa shape index (κ1) is 14.9. The van der Waals surface area contributed by atoms with Crippen molar-refractivity contribution in [1.29, 1.82) is 0 Å². The van der Waals surface area contributed by atoms with Crippen LogP contribution in [0, 0.1) is 6.92 Å². The van der Waals surface area contributed by atoms with Crippen molar-refractivity contribution in [2.45, 2.75) is 46.3 Å². The molecule has 0 radical (unpaired) electrons. The Hall–Kier alpha value is -1.20. The Kier molecular flexibility index (Phi) is 6.01. The number of nitrogens with zero attached hydrogens (tertiary/aromatic N) is 3. The molecule has 2 N–H and O–H groups in total. The van der Waals surface area contributed by atoms with Crippen molar-refractivity contribution < 1.29 is 10.2 Å². The standard InChI is InChI=1S/C13H23N3O2/c1-4-12(5-2)16(6-7-17)13-14-8-11(9-18)10(3)15-13/h8,12,17-18H,4-7,9H2,1-3H3. The van der Waals surface area contributed by atoms with Crippen LogP contribution in [0.5, 0.6) is 0 Å². The molecule has 102 valence electrons. The van der Waals surface area contributed by atoms with Gasteiger partial charge in [0.2, 0.25) is 5.95 Å². The van der Waals surface area contributed by atoms with E-state index in [2.05, 4.69) is 23.8 Å². The van der Waals surface area contributed by atoms with Gasteiger partial charge in [0, 0.05) is 30.0 Å². The number of hydrogen-bond acceptors (Lipinski definition) is 5. The molecular formula is C13H23N3O2.